The highest BCUT2D eigenvalue weighted by atomic mass is 16.2. The normalized spacial score (nSPS) is 12.2. The summed E-state index contributed by atoms with van der Waals surface area (Å²) in [6, 6.07) is 1.76. The Balaban J connectivity index is 2.58. The monoisotopic (exact) mass is 278 g/mol. The van der Waals surface area contributed by atoms with Gasteiger partial charge in [0.25, 0.3) is 11.5 Å². The molecular formula is C16H26N2O2. The van der Waals surface area contributed by atoms with E-state index in [4.69, 9.17) is 0 Å². The van der Waals surface area contributed by atoms with Gasteiger partial charge in [-0.25, -0.2) is 0 Å². The number of unbranched alkanes of at least 4 members (excludes halogenated alkanes) is 3. The van der Waals surface area contributed by atoms with Crippen molar-refractivity contribution < 1.29 is 4.79 Å². The Labute approximate surface area is 121 Å². The predicted octanol–water partition coefficient (Wildman–Crippen LogP) is 3.08. The Hall–Kier alpha value is -1.58. The second-order valence-electron chi connectivity index (χ2n) is 5.54. The Bertz CT molecular complexity index is 506. The molecule has 0 aliphatic heterocycles. The summed E-state index contributed by atoms with van der Waals surface area (Å²) < 4.78 is 0. The molecule has 0 spiro atoms. The lowest BCUT2D eigenvalue weighted by molar-refractivity contribution is 0.0936. The molecule has 1 aromatic rings. The Morgan fingerprint density at radius 1 is 1.30 bits per heavy atom. The first-order chi connectivity index (χ1) is 9.45. The van der Waals surface area contributed by atoms with Crippen LogP contribution in [0, 0.1) is 13.8 Å². The summed E-state index contributed by atoms with van der Waals surface area (Å²) in [5.41, 5.74) is 1.61. The molecule has 0 bridgehead atoms. The molecule has 20 heavy (non-hydrogen) atoms. The summed E-state index contributed by atoms with van der Waals surface area (Å²) in [4.78, 5) is 26.6. The van der Waals surface area contributed by atoms with Gasteiger partial charge in [-0.3, -0.25) is 9.59 Å². The molecule has 1 aromatic heterocycles. The van der Waals surface area contributed by atoms with Gasteiger partial charge in [-0.15, -0.1) is 0 Å². The minimum Gasteiger partial charge on any atom is -0.349 e. The molecule has 0 aliphatic rings. The summed E-state index contributed by atoms with van der Waals surface area (Å²) in [7, 11) is 0. The number of nitrogens with one attached hydrogen (secondary N) is 2. The number of hydrogen-bond donors (Lipinski definition) is 2. The van der Waals surface area contributed by atoms with Crippen LogP contribution >= 0.6 is 0 Å². The molecule has 0 fully saturated rings. The van der Waals surface area contributed by atoms with Crippen LogP contribution in [0.25, 0.3) is 0 Å². The van der Waals surface area contributed by atoms with Crippen LogP contribution in [-0.4, -0.2) is 16.9 Å². The van der Waals surface area contributed by atoms with Crippen molar-refractivity contribution >= 4 is 5.91 Å². The number of aryl methyl sites for hydroxylation is 2. The molecule has 1 atom stereocenters. The molecule has 0 saturated carbocycles. The molecule has 4 nitrogen and oxygen atoms in total. The molecule has 4 heteroatoms. The highest BCUT2D eigenvalue weighted by Crippen LogP contribution is 2.07. The van der Waals surface area contributed by atoms with Gasteiger partial charge in [-0.05, 0) is 38.8 Å². The summed E-state index contributed by atoms with van der Waals surface area (Å²) in [5, 5.41) is 2.90. The van der Waals surface area contributed by atoms with Crippen LogP contribution in [0.1, 0.15) is 67.6 Å². The number of pyridine rings is 1. The Morgan fingerprint density at radius 3 is 2.65 bits per heavy atom. The number of aromatic nitrogens is 1. The molecule has 1 heterocycles. The van der Waals surface area contributed by atoms with Gasteiger partial charge in [0.15, 0.2) is 0 Å². The van der Waals surface area contributed by atoms with E-state index in [0.29, 0.717) is 0 Å². The lowest BCUT2D eigenvalue weighted by Crippen LogP contribution is -2.36. The average molecular weight is 278 g/mol. The fourth-order valence-electron chi connectivity index (χ4n) is 2.15. The number of hydrogen-bond acceptors (Lipinski definition) is 2. The minimum atomic E-state index is -0.316. The maximum absolute atomic E-state index is 12.1. The van der Waals surface area contributed by atoms with E-state index in [-0.39, 0.29) is 23.1 Å². The van der Waals surface area contributed by atoms with Crippen molar-refractivity contribution in [2.75, 3.05) is 0 Å². The van der Waals surface area contributed by atoms with Crippen molar-refractivity contribution in [2.24, 2.45) is 0 Å². The molecule has 0 aliphatic carbocycles. The van der Waals surface area contributed by atoms with E-state index in [0.717, 1.165) is 24.1 Å². The fraction of sp³-hybridized carbons (Fsp3) is 0.625. The first-order valence-electron chi connectivity index (χ1n) is 7.47. The topological polar surface area (TPSA) is 62.0 Å². The molecule has 112 valence electrons. The third-order valence-corrected chi connectivity index (χ3v) is 3.61. The molecule has 0 radical (unpaired) electrons. The number of H-pyrrole nitrogens is 1. The van der Waals surface area contributed by atoms with Crippen LogP contribution in [-0.2, 0) is 0 Å². The number of carbonyl (C=O) groups excluding carboxylic acids is 1. The standard InChI is InChI=1S/C16H26N2O2/c1-5-6-7-8-9-12(3)17-15(19)14-10-11(2)13(4)18-16(14)20/h10,12H,5-9H2,1-4H3,(H,17,19)(H,18,20)/t12-/m1/s1. The average Bonchev–Trinajstić information content (AvgIpc) is 2.38. The zero-order chi connectivity index (χ0) is 15.1. The zero-order valence-corrected chi connectivity index (χ0v) is 13.0. The molecule has 1 amide bonds. The van der Waals surface area contributed by atoms with Gasteiger partial charge in [0.05, 0.1) is 0 Å². The van der Waals surface area contributed by atoms with Crippen molar-refractivity contribution in [3.8, 4) is 0 Å². The largest absolute Gasteiger partial charge is 0.349 e. The SMILES string of the molecule is CCCCCC[C@@H](C)NC(=O)c1cc(C)c(C)[nH]c1=O. The van der Waals surface area contributed by atoms with Crippen LogP contribution in [0.3, 0.4) is 0 Å². The molecular weight excluding hydrogens is 252 g/mol. The quantitative estimate of drug-likeness (QED) is 0.753. The van der Waals surface area contributed by atoms with Crippen molar-refractivity contribution in [3.63, 3.8) is 0 Å². The van der Waals surface area contributed by atoms with Crippen molar-refractivity contribution in [2.45, 2.75) is 65.8 Å². The third-order valence-electron chi connectivity index (χ3n) is 3.61. The second-order valence-corrected chi connectivity index (χ2v) is 5.54. The van der Waals surface area contributed by atoms with Gasteiger partial charge in [0.1, 0.15) is 5.56 Å². The van der Waals surface area contributed by atoms with E-state index >= 15 is 0 Å². The zero-order valence-electron chi connectivity index (χ0n) is 13.0. The predicted molar refractivity (Wildman–Crippen MR) is 82.2 cm³/mol. The van der Waals surface area contributed by atoms with Gasteiger partial charge < -0.3 is 10.3 Å². The lowest BCUT2D eigenvalue weighted by atomic mass is 10.1. The van der Waals surface area contributed by atoms with E-state index in [2.05, 4.69) is 17.2 Å². The van der Waals surface area contributed by atoms with Gasteiger partial charge in [0, 0.05) is 11.7 Å². The smallest absolute Gasteiger partial charge is 0.261 e. The summed E-state index contributed by atoms with van der Waals surface area (Å²) >= 11 is 0. The number of rotatable bonds is 7. The number of carbonyl (C=O) groups is 1. The van der Waals surface area contributed by atoms with Crippen LogP contribution < -0.4 is 10.9 Å². The number of aromatic amines is 1. The van der Waals surface area contributed by atoms with Crippen molar-refractivity contribution in [1.29, 1.82) is 0 Å². The summed E-state index contributed by atoms with van der Waals surface area (Å²) in [5.74, 6) is -0.280. The highest BCUT2D eigenvalue weighted by Gasteiger charge is 2.14. The van der Waals surface area contributed by atoms with E-state index < -0.39 is 0 Å². The van der Waals surface area contributed by atoms with Gasteiger partial charge in [-0.2, -0.15) is 0 Å². The van der Waals surface area contributed by atoms with E-state index in [1.165, 1.54) is 19.3 Å². The third kappa shape index (κ3) is 4.83. The maximum atomic E-state index is 12.1. The van der Waals surface area contributed by atoms with Gasteiger partial charge in [-0.1, -0.05) is 32.6 Å². The second kappa shape index (κ2) is 7.88. The first-order valence-corrected chi connectivity index (χ1v) is 7.47. The Kier molecular flexibility index (Phi) is 6.49. The number of amides is 1. The molecule has 0 saturated heterocycles. The van der Waals surface area contributed by atoms with E-state index in [1.807, 2.05) is 20.8 Å². The van der Waals surface area contributed by atoms with Crippen molar-refractivity contribution in [3.05, 3.63) is 33.2 Å². The molecule has 0 aromatic carbocycles. The summed E-state index contributed by atoms with van der Waals surface area (Å²) in [6.45, 7) is 7.88. The van der Waals surface area contributed by atoms with E-state index in [9.17, 15) is 9.59 Å². The maximum Gasteiger partial charge on any atom is 0.261 e. The summed E-state index contributed by atoms with van der Waals surface area (Å²) in [6.07, 6.45) is 5.70. The Morgan fingerprint density at radius 2 is 2.00 bits per heavy atom. The van der Waals surface area contributed by atoms with Crippen LogP contribution in [0.4, 0.5) is 0 Å². The minimum absolute atomic E-state index is 0.0976. The highest BCUT2D eigenvalue weighted by molar-refractivity contribution is 5.94. The van der Waals surface area contributed by atoms with E-state index in [1.54, 1.807) is 6.07 Å². The van der Waals surface area contributed by atoms with Gasteiger partial charge >= 0.3 is 0 Å². The lowest BCUT2D eigenvalue weighted by Gasteiger charge is -2.14. The van der Waals surface area contributed by atoms with Crippen molar-refractivity contribution in [1.82, 2.24) is 10.3 Å². The first kappa shape index (κ1) is 16.5. The fourth-order valence-corrected chi connectivity index (χ4v) is 2.15. The van der Waals surface area contributed by atoms with Crippen LogP contribution in [0.5, 0.6) is 0 Å². The van der Waals surface area contributed by atoms with Crippen LogP contribution in [0.15, 0.2) is 10.9 Å². The molecule has 1 rings (SSSR count). The van der Waals surface area contributed by atoms with Crippen LogP contribution in [0.2, 0.25) is 0 Å². The molecule has 0 unspecified atom stereocenters. The van der Waals surface area contributed by atoms with Gasteiger partial charge in [0.2, 0.25) is 0 Å². The molecule has 2 N–H and O–H groups in total.